The summed E-state index contributed by atoms with van der Waals surface area (Å²) in [5.41, 5.74) is 0. The Bertz CT molecular complexity index is 385. The molecule has 0 saturated carbocycles. The Morgan fingerprint density at radius 1 is 1.24 bits per heavy atom. The third-order valence-electron chi connectivity index (χ3n) is 3.28. The van der Waals surface area contributed by atoms with Crippen LogP contribution in [0.2, 0.25) is 0 Å². The predicted octanol–water partition coefficient (Wildman–Crippen LogP) is -2.06. The molecule has 0 atom stereocenters. The minimum absolute atomic E-state index is 0.116. The first kappa shape index (κ1) is 12.7. The molecule has 0 aliphatic carbocycles. The largest absolute Gasteiger partial charge is 0.340 e. The zero-order chi connectivity index (χ0) is 12.5. The third kappa shape index (κ3) is 3.15. The van der Waals surface area contributed by atoms with Gasteiger partial charge in [-0.15, -0.1) is 0 Å². The Labute approximate surface area is 101 Å². The molecule has 0 bridgehead atoms. The molecule has 2 fully saturated rings. The van der Waals surface area contributed by atoms with Crippen molar-refractivity contribution >= 4 is 16.1 Å². The average molecular weight is 262 g/mol. The molecule has 2 saturated heterocycles. The standard InChI is InChI=1S/C9H18N4O3S/c10-17(15,16)13-3-1-12(2-4-13)9(14)5-8-6-11-7-8/h8,11H,1-7H2,(H2,10,15,16). The van der Waals surface area contributed by atoms with Gasteiger partial charge in [-0.1, -0.05) is 0 Å². The maximum absolute atomic E-state index is 11.9. The molecule has 0 aromatic rings. The molecule has 0 unspecified atom stereocenters. The molecule has 7 nitrogen and oxygen atoms in total. The summed E-state index contributed by atoms with van der Waals surface area (Å²) in [6.07, 6.45) is 0.558. The summed E-state index contributed by atoms with van der Waals surface area (Å²) in [6.45, 7) is 3.29. The fourth-order valence-corrected chi connectivity index (χ4v) is 2.73. The molecule has 2 heterocycles. The summed E-state index contributed by atoms with van der Waals surface area (Å²) in [5, 5.41) is 8.15. The lowest BCUT2D eigenvalue weighted by Gasteiger charge is -2.35. The van der Waals surface area contributed by atoms with E-state index in [1.165, 1.54) is 4.31 Å². The van der Waals surface area contributed by atoms with Crippen LogP contribution >= 0.6 is 0 Å². The molecular weight excluding hydrogens is 244 g/mol. The molecule has 8 heteroatoms. The van der Waals surface area contributed by atoms with Crippen LogP contribution in [0.15, 0.2) is 0 Å². The molecule has 0 aromatic heterocycles. The molecular formula is C9H18N4O3S. The molecule has 2 aliphatic heterocycles. The van der Waals surface area contributed by atoms with Crippen molar-refractivity contribution in [2.45, 2.75) is 6.42 Å². The van der Waals surface area contributed by atoms with Crippen LogP contribution in [-0.2, 0) is 15.0 Å². The molecule has 2 aliphatic rings. The zero-order valence-corrected chi connectivity index (χ0v) is 10.4. The van der Waals surface area contributed by atoms with Crippen LogP contribution in [0, 0.1) is 5.92 Å². The topological polar surface area (TPSA) is 95.7 Å². The number of carbonyl (C=O) groups is 1. The van der Waals surface area contributed by atoms with Crippen molar-refractivity contribution in [3.63, 3.8) is 0 Å². The van der Waals surface area contributed by atoms with E-state index in [1.54, 1.807) is 4.90 Å². The van der Waals surface area contributed by atoms with Gasteiger partial charge in [-0.3, -0.25) is 4.79 Å². The van der Waals surface area contributed by atoms with Gasteiger partial charge >= 0.3 is 0 Å². The summed E-state index contributed by atoms with van der Waals surface area (Å²) in [5.74, 6) is 0.560. The van der Waals surface area contributed by atoms with Crippen molar-refractivity contribution in [3.8, 4) is 0 Å². The predicted molar refractivity (Wildman–Crippen MR) is 62.2 cm³/mol. The van der Waals surface area contributed by atoms with Crippen LogP contribution in [0.5, 0.6) is 0 Å². The maximum Gasteiger partial charge on any atom is 0.277 e. The summed E-state index contributed by atoms with van der Waals surface area (Å²) < 4.78 is 23.4. The van der Waals surface area contributed by atoms with Gasteiger partial charge in [0.25, 0.3) is 10.2 Å². The lowest BCUT2D eigenvalue weighted by Crippen LogP contribution is -2.53. The first-order valence-electron chi connectivity index (χ1n) is 5.73. The average Bonchev–Trinajstić information content (AvgIpc) is 2.22. The number of nitrogens with one attached hydrogen (secondary N) is 1. The lowest BCUT2D eigenvalue weighted by molar-refractivity contribution is -0.133. The van der Waals surface area contributed by atoms with Crippen LogP contribution in [0.1, 0.15) is 6.42 Å². The van der Waals surface area contributed by atoms with E-state index in [0.717, 1.165) is 13.1 Å². The quantitative estimate of drug-likeness (QED) is 0.611. The molecule has 1 amide bonds. The van der Waals surface area contributed by atoms with E-state index in [9.17, 15) is 13.2 Å². The molecule has 98 valence electrons. The van der Waals surface area contributed by atoms with Crippen molar-refractivity contribution in [2.24, 2.45) is 11.1 Å². The maximum atomic E-state index is 11.9. The molecule has 3 N–H and O–H groups in total. The zero-order valence-electron chi connectivity index (χ0n) is 9.63. The fraction of sp³-hybridized carbons (Fsp3) is 0.889. The van der Waals surface area contributed by atoms with Crippen molar-refractivity contribution < 1.29 is 13.2 Å². The van der Waals surface area contributed by atoms with Crippen LogP contribution in [0.3, 0.4) is 0 Å². The number of amides is 1. The Balaban J connectivity index is 1.80. The van der Waals surface area contributed by atoms with Gasteiger partial charge in [-0.25, -0.2) is 5.14 Å². The van der Waals surface area contributed by atoms with E-state index in [1.807, 2.05) is 0 Å². The summed E-state index contributed by atoms with van der Waals surface area (Å²) in [4.78, 5) is 13.6. The highest BCUT2D eigenvalue weighted by atomic mass is 32.2. The van der Waals surface area contributed by atoms with E-state index in [-0.39, 0.29) is 5.91 Å². The van der Waals surface area contributed by atoms with E-state index >= 15 is 0 Å². The van der Waals surface area contributed by atoms with Crippen LogP contribution in [-0.4, -0.2) is 62.8 Å². The second kappa shape index (κ2) is 4.89. The van der Waals surface area contributed by atoms with Crippen molar-refractivity contribution in [3.05, 3.63) is 0 Å². The van der Waals surface area contributed by atoms with Gasteiger partial charge < -0.3 is 10.2 Å². The smallest absolute Gasteiger partial charge is 0.277 e. The van der Waals surface area contributed by atoms with Gasteiger partial charge in [0.1, 0.15) is 0 Å². The Hall–Kier alpha value is -0.700. The fourth-order valence-electron chi connectivity index (χ4n) is 2.06. The Kier molecular flexibility index (Phi) is 3.67. The second-order valence-corrected chi connectivity index (χ2v) is 6.10. The second-order valence-electron chi connectivity index (χ2n) is 4.55. The van der Waals surface area contributed by atoms with Gasteiger partial charge in [0.2, 0.25) is 5.91 Å². The molecule has 0 radical (unpaired) electrons. The Morgan fingerprint density at radius 3 is 2.24 bits per heavy atom. The highest BCUT2D eigenvalue weighted by molar-refractivity contribution is 7.86. The van der Waals surface area contributed by atoms with E-state index < -0.39 is 10.2 Å². The van der Waals surface area contributed by atoms with Gasteiger partial charge in [0.05, 0.1) is 0 Å². The monoisotopic (exact) mass is 262 g/mol. The van der Waals surface area contributed by atoms with Gasteiger partial charge in [0.15, 0.2) is 0 Å². The van der Waals surface area contributed by atoms with E-state index in [0.29, 0.717) is 38.5 Å². The first-order chi connectivity index (χ1) is 7.97. The molecule has 0 spiro atoms. The van der Waals surface area contributed by atoms with Crippen LogP contribution in [0.25, 0.3) is 0 Å². The summed E-state index contributed by atoms with van der Waals surface area (Å²) >= 11 is 0. The summed E-state index contributed by atoms with van der Waals surface area (Å²) in [7, 11) is -3.61. The number of hydrogen-bond donors (Lipinski definition) is 2. The normalized spacial score (nSPS) is 23.5. The van der Waals surface area contributed by atoms with E-state index in [4.69, 9.17) is 5.14 Å². The SMILES string of the molecule is NS(=O)(=O)N1CCN(C(=O)CC2CNC2)CC1. The highest BCUT2D eigenvalue weighted by Gasteiger charge is 2.28. The molecule has 17 heavy (non-hydrogen) atoms. The number of carbonyl (C=O) groups excluding carboxylic acids is 1. The van der Waals surface area contributed by atoms with Crippen molar-refractivity contribution in [2.75, 3.05) is 39.3 Å². The number of nitrogens with zero attached hydrogens (tertiary/aromatic N) is 2. The first-order valence-corrected chi connectivity index (χ1v) is 7.23. The van der Waals surface area contributed by atoms with Gasteiger partial charge in [-0.2, -0.15) is 12.7 Å². The lowest BCUT2D eigenvalue weighted by atomic mass is 9.98. The molecule has 0 aromatic carbocycles. The number of piperazine rings is 1. The van der Waals surface area contributed by atoms with Crippen LogP contribution < -0.4 is 10.5 Å². The number of nitrogens with two attached hydrogens (primary N) is 1. The summed E-state index contributed by atoms with van der Waals surface area (Å²) in [6, 6.07) is 0. The minimum atomic E-state index is -3.61. The van der Waals surface area contributed by atoms with E-state index in [2.05, 4.69) is 5.32 Å². The third-order valence-corrected chi connectivity index (χ3v) is 4.37. The Morgan fingerprint density at radius 2 is 1.82 bits per heavy atom. The highest BCUT2D eigenvalue weighted by Crippen LogP contribution is 2.12. The minimum Gasteiger partial charge on any atom is -0.340 e. The van der Waals surface area contributed by atoms with Crippen LogP contribution in [0.4, 0.5) is 0 Å². The van der Waals surface area contributed by atoms with Gasteiger partial charge in [-0.05, 0) is 19.0 Å². The van der Waals surface area contributed by atoms with Crippen molar-refractivity contribution in [1.29, 1.82) is 0 Å². The molecule has 2 rings (SSSR count). The number of rotatable bonds is 3. The number of hydrogen-bond acceptors (Lipinski definition) is 4. The van der Waals surface area contributed by atoms with Gasteiger partial charge in [0, 0.05) is 32.6 Å². The van der Waals surface area contributed by atoms with Crippen molar-refractivity contribution in [1.82, 2.24) is 14.5 Å².